The highest BCUT2D eigenvalue weighted by Crippen LogP contribution is 2.26. The summed E-state index contributed by atoms with van der Waals surface area (Å²) in [5.74, 6) is 0.525. The molecule has 8 nitrogen and oxygen atoms in total. The maximum absolute atomic E-state index is 10.9. The van der Waals surface area contributed by atoms with Crippen molar-refractivity contribution in [3.63, 3.8) is 0 Å². The van der Waals surface area contributed by atoms with Crippen molar-refractivity contribution in [1.29, 1.82) is 0 Å². The molecule has 1 aromatic rings. The van der Waals surface area contributed by atoms with E-state index in [-0.39, 0.29) is 18.2 Å². The molecular weight excluding hydrogens is 266 g/mol. The van der Waals surface area contributed by atoms with Gasteiger partial charge in [0.2, 0.25) is 0 Å². The highest BCUT2D eigenvalue weighted by atomic mass is 16.6. The number of pyridine rings is 1. The van der Waals surface area contributed by atoms with Crippen LogP contribution in [0.5, 0.6) is 5.88 Å². The molecule has 0 saturated heterocycles. The number of nitrogens with zero attached hydrogens (tertiary/aromatic N) is 2. The van der Waals surface area contributed by atoms with Crippen molar-refractivity contribution < 1.29 is 19.1 Å². The lowest BCUT2D eigenvalue weighted by Gasteiger charge is -2.08. The first-order valence-electron chi connectivity index (χ1n) is 6.27. The van der Waals surface area contributed by atoms with Crippen molar-refractivity contribution in [3.8, 4) is 5.88 Å². The fraction of sp³-hybridized carbons (Fsp3) is 0.583. The molecule has 0 unspecified atom stereocenters. The van der Waals surface area contributed by atoms with Crippen LogP contribution in [0.25, 0.3) is 0 Å². The van der Waals surface area contributed by atoms with Gasteiger partial charge in [-0.3, -0.25) is 10.1 Å². The third-order valence-electron chi connectivity index (χ3n) is 2.29. The van der Waals surface area contributed by atoms with Gasteiger partial charge < -0.3 is 19.5 Å². The van der Waals surface area contributed by atoms with Crippen LogP contribution >= 0.6 is 0 Å². The number of ether oxygens (including phenoxy) is 3. The van der Waals surface area contributed by atoms with Gasteiger partial charge >= 0.3 is 5.69 Å². The fourth-order valence-electron chi connectivity index (χ4n) is 1.40. The third kappa shape index (κ3) is 5.37. The quantitative estimate of drug-likeness (QED) is 0.395. The lowest BCUT2D eigenvalue weighted by atomic mass is 10.4. The van der Waals surface area contributed by atoms with Crippen molar-refractivity contribution in [2.24, 2.45) is 0 Å². The smallest absolute Gasteiger partial charge is 0.331 e. The SMILES string of the molecule is CCNc1ccc([N+](=O)[O-])c(OCCOCCOC)n1. The Hall–Kier alpha value is -1.93. The van der Waals surface area contributed by atoms with E-state index in [9.17, 15) is 10.1 Å². The number of hydrogen-bond donors (Lipinski definition) is 1. The first kappa shape index (κ1) is 16.1. The molecule has 0 aromatic carbocycles. The maximum Gasteiger partial charge on any atom is 0.331 e. The molecule has 0 amide bonds. The molecule has 0 aliphatic heterocycles. The summed E-state index contributed by atoms with van der Waals surface area (Å²) < 4.78 is 15.3. The number of anilines is 1. The van der Waals surface area contributed by atoms with E-state index in [1.807, 2.05) is 6.92 Å². The number of nitrogens with one attached hydrogen (secondary N) is 1. The number of methoxy groups -OCH3 is 1. The van der Waals surface area contributed by atoms with Crippen LogP contribution in [0, 0.1) is 10.1 Å². The Labute approximate surface area is 117 Å². The second-order valence-corrected chi connectivity index (χ2v) is 3.76. The van der Waals surface area contributed by atoms with Gasteiger partial charge in [0.05, 0.1) is 24.7 Å². The molecule has 1 heterocycles. The second kappa shape index (κ2) is 9.05. The van der Waals surface area contributed by atoms with Gasteiger partial charge in [0.15, 0.2) is 0 Å². The zero-order valence-corrected chi connectivity index (χ0v) is 11.6. The number of nitro groups is 1. The lowest BCUT2D eigenvalue weighted by Crippen LogP contribution is -2.12. The Bertz CT molecular complexity index is 428. The fourth-order valence-corrected chi connectivity index (χ4v) is 1.40. The Kier molecular flexibility index (Phi) is 7.30. The van der Waals surface area contributed by atoms with E-state index in [0.717, 1.165) is 0 Å². The summed E-state index contributed by atoms with van der Waals surface area (Å²) in [4.78, 5) is 14.4. The first-order valence-corrected chi connectivity index (χ1v) is 6.27. The first-order chi connectivity index (χ1) is 9.69. The lowest BCUT2D eigenvalue weighted by molar-refractivity contribution is -0.386. The van der Waals surface area contributed by atoms with E-state index in [2.05, 4.69) is 10.3 Å². The van der Waals surface area contributed by atoms with E-state index in [1.54, 1.807) is 13.2 Å². The molecule has 0 spiro atoms. The number of rotatable bonds is 10. The van der Waals surface area contributed by atoms with Gasteiger partial charge in [0, 0.05) is 19.7 Å². The standard InChI is InChI=1S/C12H19N3O5/c1-3-13-11-5-4-10(15(16)17)12(14-11)20-9-8-19-7-6-18-2/h4-5H,3,6-9H2,1-2H3,(H,13,14). The van der Waals surface area contributed by atoms with Crippen LogP contribution in [-0.2, 0) is 9.47 Å². The highest BCUT2D eigenvalue weighted by molar-refractivity contribution is 5.49. The summed E-state index contributed by atoms with van der Waals surface area (Å²) in [5, 5.41) is 13.9. The minimum atomic E-state index is -0.524. The molecule has 0 bridgehead atoms. The van der Waals surface area contributed by atoms with Crippen LogP contribution in [0.1, 0.15) is 6.92 Å². The van der Waals surface area contributed by atoms with E-state index < -0.39 is 4.92 Å². The molecule has 0 radical (unpaired) electrons. The van der Waals surface area contributed by atoms with E-state index in [0.29, 0.717) is 32.2 Å². The van der Waals surface area contributed by atoms with E-state index >= 15 is 0 Å². The summed E-state index contributed by atoms with van der Waals surface area (Å²) >= 11 is 0. The average molecular weight is 285 g/mol. The topological polar surface area (TPSA) is 95.8 Å². The molecule has 1 N–H and O–H groups in total. The Morgan fingerprint density at radius 1 is 1.30 bits per heavy atom. The Balaban J connectivity index is 2.56. The molecule has 1 aromatic heterocycles. The minimum absolute atomic E-state index is 0.0104. The van der Waals surface area contributed by atoms with Gasteiger partial charge in [0.1, 0.15) is 12.4 Å². The van der Waals surface area contributed by atoms with Crippen molar-refractivity contribution in [3.05, 3.63) is 22.2 Å². The summed E-state index contributed by atoms with van der Waals surface area (Å²) in [5.41, 5.74) is -0.163. The summed E-state index contributed by atoms with van der Waals surface area (Å²) in [6.07, 6.45) is 0. The largest absolute Gasteiger partial charge is 0.470 e. The van der Waals surface area contributed by atoms with Gasteiger partial charge in [-0.1, -0.05) is 0 Å². The van der Waals surface area contributed by atoms with Gasteiger partial charge in [-0.15, -0.1) is 0 Å². The van der Waals surface area contributed by atoms with Crippen molar-refractivity contribution in [2.75, 3.05) is 45.4 Å². The predicted octanol–water partition coefficient (Wildman–Crippen LogP) is 1.46. The maximum atomic E-state index is 10.9. The van der Waals surface area contributed by atoms with Crippen molar-refractivity contribution in [1.82, 2.24) is 4.98 Å². The normalized spacial score (nSPS) is 10.3. The van der Waals surface area contributed by atoms with Crippen LogP contribution in [-0.4, -0.2) is 50.0 Å². The van der Waals surface area contributed by atoms with Crippen LogP contribution in [0.2, 0.25) is 0 Å². The molecular formula is C12H19N3O5. The molecule has 0 fully saturated rings. The molecule has 1 rings (SSSR count). The van der Waals surface area contributed by atoms with Gasteiger partial charge in [0.25, 0.3) is 5.88 Å². The Morgan fingerprint density at radius 2 is 2.05 bits per heavy atom. The highest BCUT2D eigenvalue weighted by Gasteiger charge is 2.17. The minimum Gasteiger partial charge on any atom is -0.470 e. The molecule has 0 aliphatic rings. The van der Waals surface area contributed by atoms with Crippen molar-refractivity contribution in [2.45, 2.75) is 6.92 Å². The van der Waals surface area contributed by atoms with Crippen LogP contribution in [0.4, 0.5) is 11.5 Å². The van der Waals surface area contributed by atoms with Gasteiger partial charge in [-0.25, -0.2) is 0 Å². The molecule has 0 saturated carbocycles. The van der Waals surface area contributed by atoms with E-state index in [4.69, 9.17) is 14.2 Å². The molecule has 20 heavy (non-hydrogen) atoms. The van der Waals surface area contributed by atoms with Gasteiger partial charge in [-0.2, -0.15) is 4.98 Å². The predicted molar refractivity (Wildman–Crippen MR) is 73.2 cm³/mol. The number of aromatic nitrogens is 1. The van der Waals surface area contributed by atoms with Gasteiger partial charge in [-0.05, 0) is 13.0 Å². The molecule has 0 aliphatic carbocycles. The Morgan fingerprint density at radius 3 is 2.70 bits per heavy atom. The molecule has 0 atom stereocenters. The molecule has 8 heteroatoms. The number of hydrogen-bond acceptors (Lipinski definition) is 7. The summed E-state index contributed by atoms with van der Waals surface area (Å²) in [6, 6.07) is 2.91. The van der Waals surface area contributed by atoms with Crippen molar-refractivity contribution >= 4 is 11.5 Å². The second-order valence-electron chi connectivity index (χ2n) is 3.76. The van der Waals surface area contributed by atoms with Crippen LogP contribution < -0.4 is 10.1 Å². The summed E-state index contributed by atoms with van der Waals surface area (Å²) in [6.45, 7) is 4.03. The monoisotopic (exact) mass is 285 g/mol. The summed E-state index contributed by atoms with van der Waals surface area (Å²) in [7, 11) is 1.58. The molecule has 112 valence electrons. The van der Waals surface area contributed by atoms with E-state index in [1.165, 1.54) is 6.07 Å². The third-order valence-corrected chi connectivity index (χ3v) is 2.29. The zero-order chi connectivity index (χ0) is 14.8. The zero-order valence-electron chi connectivity index (χ0n) is 11.6. The van der Waals surface area contributed by atoms with Crippen LogP contribution in [0.15, 0.2) is 12.1 Å². The average Bonchev–Trinajstić information content (AvgIpc) is 2.43. The van der Waals surface area contributed by atoms with Crippen LogP contribution in [0.3, 0.4) is 0 Å².